The third-order valence-corrected chi connectivity index (χ3v) is 2.65. The molecular weight excluding hydrogens is 248 g/mol. The van der Waals surface area contributed by atoms with Gasteiger partial charge in [0.15, 0.2) is 11.3 Å². The standard InChI is InChI=1S/C9H12N2O5S/c1-16-8(15)6(13)5(12)4-3-10-9(17-2)11-7(4)14/h3,5-6,12-13H,1-2H3,(H,10,11,14). The molecule has 1 aromatic rings. The van der Waals surface area contributed by atoms with Crippen molar-refractivity contribution in [1.29, 1.82) is 0 Å². The molecule has 17 heavy (non-hydrogen) atoms. The number of rotatable bonds is 4. The van der Waals surface area contributed by atoms with Crippen LogP contribution in [0.1, 0.15) is 11.7 Å². The van der Waals surface area contributed by atoms with E-state index >= 15 is 0 Å². The fraction of sp³-hybridized carbons (Fsp3) is 0.444. The molecular formula is C9H12N2O5S. The number of ether oxygens (including phenoxy) is 1. The monoisotopic (exact) mass is 260 g/mol. The molecule has 0 bridgehead atoms. The zero-order chi connectivity index (χ0) is 13.0. The lowest BCUT2D eigenvalue weighted by atomic mass is 10.1. The van der Waals surface area contributed by atoms with E-state index in [1.165, 1.54) is 11.8 Å². The smallest absolute Gasteiger partial charge is 0.337 e. The topological polar surface area (TPSA) is 113 Å². The highest BCUT2D eigenvalue weighted by Crippen LogP contribution is 2.14. The number of carbonyl (C=O) groups excluding carboxylic acids is 1. The Balaban J connectivity index is 3.00. The van der Waals surface area contributed by atoms with Crippen LogP contribution in [0, 0.1) is 0 Å². The van der Waals surface area contributed by atoms with E-state index in [0.29, 0.717) is 5.16 Å². The minimum Gasteiger partial charge on any atom is -0.467 e. The van der Waals surface area contributed by atoms with Crippen LogP contribution in [0.4, 0.5) is 0 Å². The first-order valence-corrected chi connectivity index (χ1v) is 5.81. The second-order valence-corrected chi connectivity index (χ2v) is 3.88. The summed E-state index contributed by atoms with van der Waals surface area (Å²) in [5.41, 5.74) is -0.805. The Labute approximate surface area is 101 Å². The zero-order valence-corrected chi connectivity index (χ0v) is 10.0. The molecule has 1 heterocycles. The van der Waals surface area contributed by atoms with Crippen molar-refractivity contribution in [1.82, 2.24) is 9.97 Å². The number of esters is 1. The Kier molecular flexibility index (Phi) is 4.67. The summed E-state index contributed by atoms with van der Waals surface area (Å²) >= 11 is 1.22. The van der Waals surface area contributed by atoms with E-state index < -0.39 is 23.7 Å². The minimum absolute atomic E-state index is 0.194. The Morgan fingerprint density at radius 2 is 2.24 bits per heavy atom. The summed E-state index contributed by atoms with van der Waals surface area (Å²) in [6, 6.07) is 0. The molecule has 2 atom stereocenters. The van der Waals surface area contributed by atoms with Crippen molar-refractivity contribution in [2.45, 2.75) is 17.4 Å². The number of aromatic amines is 1. The number of hydrogen-bond donors (Lipinski definition) is 3. The highest BCUT2D eigenvalue weighted by molar-refractivity contribution is 7.98. The Bertz CT molecular complexity index is 461. The normalized spacial score (nSPS) is 14.1. The third-order valence-electron chi connectivity index (χ3n) is 2.06. The zero-order valence-electron chi connectivity index (χ0n) is 9.21. The van der Waals surface area contributed by atoms with Crippen LogP contribution in [0.2, 0.25) is 0 Å². The molecule has 0 amide bonds. The Hall–Kier alpha value is -1.38. The minimum atomic E-state index is -1.82. The van der Waals surface area contributed by atoms with E-state index in [0.717, 1.165) is 13.3 Å². The maximum atomic E-state index is 11.5. The fourth-order valence-electron chi connectivity index (χ4n) is 1.12. The first-order chi connectivity index (χ1) is 8.01. The molecule has 3 N–H and O–H groups in total. The lowest BCUT2D eigenvalue weighted by Crippen LogP contribution is -2.32. The molecule has 0 aliphatic carbocycles. The Morgan fingerprint density at radius 1 is 1.59 bits per heavy atom. The number of aromatic nitrogens is 2. The Morgan fingerprint density at radius 3 is 2.71 bits per heavy atom. The molecule has 0 spiro atoms. The van der Waals surface area contributed by atoms with E-state index in [9.17, 15) is 19.8 Å². The van der Waals surface area contributed by atoms with E-state index in [1.807, 2.05) is 0 Å². The highest BCUT2D eigenvalue weighted by atomic mass is 32.2. The van der Waals surface area contributed by atoms with Gasteiger partial charge in [-0.25, -0.2) is 9.78 Å². The molecule has 0 saturated carbocycles. The maximum Gasteiger partial charge on any atom is 0.337 e. The fourth-order valence-corrected chi connectivity index (χ4v) is 1.48. The second kappa shape index (κ2) is 5.80. The van der Waals surface area contributed by atoms with Gasteiger partial charge in [0.2, 0.25) is 0 Å². The molecule has 8 heteroatoms. The number of thioether (sulfide) groups is 1. The van der Waals surface area contributed by atoms with Crippen LogP contribution in [0.25, 0.3) is 0 Å². The summed E-state index contributed by atoms with van der Waals surface area (Å²) in [6.07, 6.45) is -0.656. The summed E-state index contributed by atoms with van der Waals surface area (Å²) in [5.74, 6) is -1.02. The SMILES string of the molecule is COC(=O)C(O)C(O)c1cnc(SC)[nH]c1=O. The predicted molar refractivity (Wildman–Crippen MR) is 59.6 cm³/mol. The molecule has 7 nitrogen and oxygen atoms in total. The van der Waals surface area contributed by atoms with Gasteiger partial charge in [-0.15, -0.1) is 0 Å². The molecule has 0 aliphatic heterocycles. The summed E-state index contributed by atoms with van der Waals surface area (Å²) in [7, 11) is 1.07. The first kappa shape index (κ1) is 13.7. The van der Waals surface area contributed by atoms with Gasteiger partial charge in [-0.2, -0.15) is 0 Å². The van der Waals surface area contributed by atoms with Crippen LogP contribution in [0.15, 0.2) is 16.1 Å². The largest absolute Gasteiger partial charge is 0.467 e. The molecule has 0 radical (unpaired) electrons. The first-order valence-electron chi connectivity index (χ1n) is 4.58. The van der Waals surface area contributed by atoms with Gasteiger partial charge in [0.25, 0.3) is 5.56 Å². The number of nitrogens with zero attached hydrogens (tertiary/aromatic N) is 1. The number of aliphatic hydroxyl groups is 2. The highest BCUT2D eigenvalue weighted by Gasteiger charge is 2.28. The molecule has 0 aliphatic rings. The van der Waals surface area contributed by atoms with Crippen molar-refractivity contribution >= 4 is 17.7 Å². The van der Waals surface area contributed by atoms with Crippen molar-refractivity contribution in [3.63, 3.8) is 0 Å². The average Bonchev–Trinajstić information content (AvgIpc) is 2.35. The molecule has 1 rings (SSSR count). The van der Waals surface area contributed by atoms with Gasteiger partial charge in [-0.05, 0) is 6.26 Å². The number of hydrogen-bond acceptors (Lipinski definition) is 7. The quantitative estimate of drug-likeness (QED) is 0.364. The lowest BCUT2D eigenvalue weighted by molar-refractivity contribution is -0.156. The second-order valence-electron chi connectivity index (χ2n) is 3.09. The third kappa shape index (κ3) is 3.05. The van der Waals surface area contributed by atoms with Crippen molar-refractivity contribution in [2.24, 2.45) is 0 Å². The van der Waals surface area contributed by atoms with Crippen molar-refractivity contribution in [2.75, 3.05) is 13.4 Å². The van der Waals surface area contributed by atoms with Crippen molar-refractivity contribution in [3.05, 3.63) is 22.1 Å². The molecule has 94 valence electrons. The van der Waals surface area contributed by atoms with Gasteiger partial charge in [0.05, 0.1) is 12.7 Å². The van der Waals surface area contributed by atoms with E-state index in [-0.39, 0.29) is 5.56 Å². The van der Waals surface area contributed by atoms with E-state index in [2.05, 4.69) is 14.7 Å². The number of carbonyl (C=O) groups is 1. The molecule has 0 fully saturated rings. The van der Waals surface area contributed by atoms with Gasteiger partial charge < -0.3 is 19.9 Å². The van der Waals surface area contributed by atoms with Crippen LogP contribution in [-0.4, -0.2) is 45.6 Å². The number of nitrogens with one attached hydrogen (secondary N) is 1. The number of H-pyrrole nitrogens is 1. The van der Waals surface area contributed by atoms with Crippen LogP contribution < -0.4 is 5.56 Å². The molecule has 0 saturated heterocycles. The summed E-state index contributed by atoms with van der Waals surface area (Å²) in [5, 5.41) is 19.4. The molecule has 2 unspecified atom stereocenters. The van der Waals surface area contributed by atoms with Crippen LogP contribution >= 0.6 is 11.8 Å². The van der Waals surface area contributed by atoms with E-state index in [4.69, 9.17) is 0 Å². The summed E-state index contributed by atoms with van der Waals surface area (Å²) in [4.78, 5) is 28.7. The van der Waals surface area contributed by atoms with Crippen molar-refractivity contribution < 1.29 is 19.7 Å². The number of aliphatic hydroxyl groups excluding tert-OH is 2. The van der Waals surface area contributed by atoms with Gasteiger partial charge in [-0.3, -0.25) is 4.79 Å². The average molecular weight is 260 g/mol. The van der Waals surface area contributed by atoms with Gasteiger partial charge in [0, 0.05) is 6.20 Å². The van der Waals surface area contributed by atoms with Crippen LogP contribution in [0.5, 0.6) is 0 Å². The summed E-state index contributed by atoms with van der Waals surface area (Å²) in [6.45, 7) is 0. The van der Waals surface area contributed by atoms with Gasteiger partial charge in [-0.1, -0.05) is 11.8 Å². The molecule has 1 aromatic heterocycles. The van der Waals surface area contributed by atoms with Gasteiger partial charge in [0.1, 0.15) is 6.10 Å². The predicted octanol–water partition coefficient (Wildman–Crippen LogP) is -0.941. The summed E-state index contributed by atoms with van der Waals surface area (Å²) < 4.78 is 4.25. The lowest BCUT2D eigenvalue weighted by Gasteiger charge is -2.14. The number of methoxy groups -OCH3 is 1. The van der Waals surface area contributed by atoms with Gasteiger partial charge >= 0.3 is 5.97 Å². The van der Waals surface area contributed by atoms with E-state index in [1.54, 1.807) is 6.26 Å². The van der Waals surface area contributed by atoms with Crippen LogP contribution in [0.3, 0.4) is 0 Å². The van der Waals surface area contributed by atoms with Crippen LogP contribution in [-0.2, 0) is 9.53 Å². The molecule has 0 aromatic carbocycles. The maximum absolute atomic E-state index is 11.5. The van der Waals surface area contributed by atoms with Crippen molar-refractivity contribution in [3.8, 4) is 0 Å².